The molecule has 0 aliphatic heterocycles. The molecule has 0 amide bonds. The van der Waals surface area contributed by atoms with Crippen LogP contribution in [0, 0.1) is 11.6 Å². The number of ether oxygens (including phenoxy) is 2. The van der Waals surface area contributed by atoms with Gasteiger partial charge in [0.1, 0.15) is 0 Å². The molecule has 96 valence electrons. The molecular formula is C11H16F2N2O2. The molecule has 0 bridgehead atoms. The summed E-state index contributed by atoms with van der Waals surface area (Å²) in [5.74, 6) is -1.73. The Morgan fingerprint density at radius 1 is 1.29 bits per heavy atom. The van der Waals surface area contributed by atoms with Gasteiger partial charge in [0.2, 0.25) is 0 Å². The predicted octanol–water partition coefficient (Wildman–Crippen LogP) is 2.21. The van der Waals surface area contributed by atoms with Crippen LogP contribution in [0.1, 0.15) is 13.3 Å². The maximum atomic E-state index is 13.3. The first-order valence-electron chi connectivity index (χ1n) is 5.40. The molecule has 0 aliphatic rings. The number of halogens is 2. The second kappa shape index (κ2) is 7.01. The number of hydrogen-bond acceptors (Lipinski definition) is 4. The van der Waals surface area contributed by atoms with Crippen molar-refractivity contribution in [3.05, 3.63) is 17.7 Å². The lowest BCUT2D eigenvalue weighted by molar-refractivity contribution is 0.168. The molecule has 0 saturated heterocycles. The quantitative estimate of drug-likeness (QED) is 0.749. The van der Waals surface area contributed by atoms with Crippen molar-refractivity contribution in [1.82, 2.24) is 4.98 Å². The summed E-state index contributed by atoms with van der Waals surface area (Å²) < 4.78 is 36.4. The third-order valence-electron chi connectivity index (χ3n) is 1.97. The fraction of sp³-hybridized carbons (Fsp3) is 0.545. The van der Waals surface area contributed by atoms with Gasteiger partial charge in [0.05, 0.1) is 6.61 Å². The van der Waals surface area contributed by atoms with Gasteiger partial charge in [-0.1, -0.05) is 0 Å². The zero-order valence-electron chi connectivity index (χ0n) is 9.93. The van der Waals surface area contributed by atoms with E-state index in [2.05, 4.69) is 10.3 Å². The highest BCUT2D eigenvalue weighted by molar-refractivity contribution is 5.39. The molecule has 4 nitrogen and oxygen atoms in total. The van der Waals surface area contributed by atoms with Crippen LogP contribution in [0.3, 0.4) is 0 Å². The van der Waals surface area contributed by atoms with Crippen molar-refractivity contribution in [3.8, 4) is 5.88 Å². The average molecular weight is 246 g/mol. The highest BCUT2D eigenvalue weighted by Gasteiger charge is 2.12. The van der Waals surface area contributed by atoms with Gasteiger partial charge in [-0.05, 0) is 6.92 Å². The SMILES string of the molecule is CCNc1nc(OCCCOC)c(F)cc1F. The van der Waals surface area contributed by atoms with E-state index in [9.17, 15) is 8.78 Å². The monoisotopic (exact) mass is 246 g/mol. The van der Waals surface area contributed by atoms with Crippen LogP contribution in [0.25, 0.3) is 0 Å². The maximum Gasteiger partial charge on any atom is 0.252 e. The van der Waals surface area contributed by atoms with Gasteiger partial charge in [0, 0.05) is 32.7 Å². The lowest BCUT2D eigenvalue weighted by Gasteiger charge is -2.09. The van der Waals surface area contributed by atoms with Gasteiger partial charge in [-0.3, -0.25) is 0 Å². The molecule has 0 aliphatic carbocycles. The van der Waals surface area contributed by atoms with Crippen molar-refractivity contribution in [1.29, 1.82) is 0 Å². The largest absolute Gasteiger partial charge is 0.475 e. The van der Waals surface area contributed by atoms with E-state index in [-0.39, 0.29) is 18.3 Å². The average Bonchev–Trinajstić information content (AvgIpc) is 2.30. The standard InChI is InChI=1S/C11H16F2N2O2/c1-3-14-10-8(12)7-9(13)11(15-10)17-6-4-5-16-2/h7H,3-6H2,1-2H3,(H,14,15). The van der Waals surface area contributed by atoms with Crippen LogP contribution in [0.2, 0.25) is 0 Å². The van der Waals surface area contributed by atoms with Gasteiger partial charge in [0.15, 0.2) is 17.5 Å². The number of nitrogens with one attached hydrogen (secondary N) is 1. The molecule has 0 aromatic carbocycles. The molecule has 0 atom stereocenters. The minimum atomic E-state index is -0.804. The molecule has 1 N–H and O–H groups in total. The van der Waals surface area contributed by atoms with E-state index in [1.807, 2.05) is 0 Å². The number of aromatic nitrogens is 1. The Balaban J connectivity index is 2.66. The maximum absolute atomic E-state index is 13.3. The first-order chi connectivity index (χ1) is 8.19. The third-order valence-corrected chi connectivity index (χ3v) is 1.97. The summed E-state index contributed by atoms with van der Waals surface area (Å²) in [4.78, 5) is 3.74. The lowest BCUT2D eigenvalue weighted by atomic mass is 10.4. The smallest absolute Gasteiger partial charge is 0.252 e. The minimum Gasteiger partial charge on any atom is -0.475 e. The van der Waals surface area contributed by atoms with Crippen LogP contribution in [0.4, 0.5) is 14.6 Å². The van der Waals surface area contributed by atoms with Crippen LogP contribution in [-0.4, -0.2) is 31.9 Å². The van der Waals surface area contributed by atoms with Crippen LogP contribution in [-0.2, 0) is 4.74 Å². The highest BCUT2D eigenvalue weighted by atomic mass is 19.1. The molecule has 0 fully saturated rings. The minimum absolute atomic E-state index is 0.00404. The van der Waals surface area contributed by atoms with E-state index in [0.717, 1.165) is 6.07 Å². The number of pyridine rings is 1. The second-order valence-electron chi connectivity index (χ2n) is 3.33. The molecule has 0 spiro atoms. The van der Waals surface area contributed by atoms with Gasteiger partial charge >= 0.3 is 0 Å². The van der Waals surface area contributed by atoms with E-state index in [1.54, 1.807) is 14.0 Å². The molecule has 1 aromatic rings. The van der Waals surface area contributed by atoms with E-state index < -0.39 is 11.6 Å². The molecule has 0 saturated carbocycles. The molecule has 17 heavy (non-hydrogen) atoms. The van der Waals surface area contributed by atoms with Crippen LogP contribution >= 0.6 is 0 Å². The fourth-order valence-electron chi connectivity index (χ4n) is 1.21. The van der Waals surface area contributed by atoms with E-state index in [1.165, 1.54) is 0 Å². The molecule has 1 heterocycles. The number of anilines is 1. The first-order valence-corrected chi connectivity index (χ1v) is 5.40. The summed E-state index contributed by atoms with van der Waals surface area (Å²) in [5.41, 5.74) is 0. The van der Waals surface area contributed by atoms with Gasteiger partial charge in [-0.15, -0.1) is 0 Å². The zero-order chi connectivity index (χ0) is 12.7. The highest BCUT2D eigenvalue weighted by Crippen LogP contribution is 2.20. The summed E-state index contributed by atoms with van der Waals surface area (Å²) >= 11 is 0. The van der Waals surface area contributed by atoms with Gasteiger partial charge in [-0.25, -0.2) is 8.78 Å². The molecule has 1 rings (SSSR count). The van der Waals surface area contributed by atoms with Gasteiger partial charge in [0.25, 0.3) is 5.88 Å². The van der Waals surface area contributed by atoms with Crippen LogP contribution < -0.4 is 10.1 Å². The Morgan fingerprint density at radius 3 is 2.71 bits per heavy atom. The summed E-state index contributed by atoms with van der Waals surface area (Å²) in [7, 11) is 1.57. The Hall–Kier alpha value is -1.43. The van der Waals surface area contributed by atoms with Crippen molar-refractivity contribution in [2.75, 3.05) is 32.2 Å². The predicted molar refractivity (Wildman–Crippen MR) is 60.3 cm³/mol. The van der Waals surface area contributed by atoms with Crippen molar-refractivity contribution in [2.24, 2.45) is 0 Å². The zero-order valence-corrected chi connectivity index (χ0v) is 9.93. The number of methoxy groups -OCH3 is 1. The van der Waals surface area contributed by atoms with Crippen molar-refractivity contribution < 1.29 is 18.3 Å². The number of nitrogens with zero attached hydrogens (tertiary/aromatic N) is 1. The summed E-state index contributed by atoms with van der Waals surface area (Å²) in [6, 6.07) is 0.761. The Labute approximate surface area is 98.9 Å². The Kier molecular flexibility index (Phi) is 5.62. The number of hydrogen-bond donors (Lipinski definition) is 1. The normalized spacial score (nSPS) is 10.4. The molecule has 1 aromatic heterocycles. The van der Waals surface area contributed by atoms with Gasteiger partial charge in [-0.2, -0.15) is 4.98 Å². The summed E-state index contributed by atoms with van der Waals surface area (Å²) in [6.45, 7) is 3.08. The van der Waals surface area contributed by atoms with E-state index in [4.69, 9.17) is 9.47 Å². The van der Waals surface area contributed by atoms with Crippen LogP contribution in [0.15, 0.2) is 6.07 Å². The second-order valence-corrected chi connectivity index (χ2v) is 3.33. The molecule has 0 unspecified atom stereocenters. The van der Waals surface area contributed by atoms with E-state index >= 15 is 0 Å². The summed E-state index contributed by atoms with van der Waals surface area (Å²) in [6.07, 6.45) is 0.617. The Bertz CT molecular complexity index is 362. The first kappa shape index (κ1) is 13.6. The lowest BCUT2D eigenvalue weighted by Crippen LogP contribution is -2.08. The van der Waals surface area contributed by atoms with Crippen molar-refractivity contribution in [3.63, 3.8) is 0 Å². The number of rotatable bonds is 7. The molecule has 0 radical (unpaired) electrons. The third kappa shape index (κ3) is 4.14. The van der Waals surface area contributed by atoms with E-state index in [0.29, 0.717) is 19.6 Å². The van der Waals surface area contributed by atoms with Crippen molar-refractivity contribution >= 4 is 5.82 Å². The van der Waals surface area contributed by atoms with Crippen LogP contribution in [0.5, 0.6) is 5.88 Å². The molecule has 6 heteroatoms. The van der Waals surface area contributed by atoms with Crippen molar-refractivity contribution in [2.45, 2.75) is 13.3 Å². The molecular weight excluding hydrogens is 230 g/mol. The summed E-state index contributed by atoms with van der Waals surface area (Å²) in [5, 5.41) is 2.69. The Morgan fingerprint density at radius 2 is 2.06 bits per heavy atom. The van der Waals surface area contributed by atoms with Gasteiger partial charge < -0.3 is 14.8 Å². The fourth-order valence-corrected chi connectivity index (χ4v) is 1.21. The topological polar surface area (TPSA) is 43.4 Å².